The first-order valence-corrected chi connectivity index (χ1v) is 4.85. The second-order valence-corrected chi connectivity index (χ2v) is 3.27. The molecule has 0 spiro atoms. The summed E-state index contributed by atoms with van der Waals surface area (Å²) < 4.78 is 4.95. The summed E-state index contributed by atoms with van der Waals surface area (Å²) in [6, 6.07) is 5.48. The van der Waals surface area contributed by atoms with E-state index in [0.717, 1.165) is 11.1 Å². The number of ether oxygens (including phenoxy) is 1. The molecule has 0 saturated carbocycles. The van der Waals surface area contributed by atoms with Gasteiger partial charge in [0.05, 0.1) is 12.2 Å². The van der Waals surface area contributed by atoms with Gasteiger partial charge in [-0.05, 0) is 19.9 Å². The molecule has 0 atom stereocenters. The van der Waals surface area contributed by atoms with E-state index < -0.39 is 0 Å². The van der Waals surface area contributed by atoms with E-state index >= 15 is 0 Å². The van der Waals surface area contributed by atoms with Crippen LogP contribution in [0, 0.1) is 6.92 Å². The van der Waals surface area contributed by atoms with Crippen LogP contribution in [0.15, 0.2) is 18.2 Å². The predicted molar refractivity (Wildman–Crippen MR) is 56.8 cm³/mol. The lowest BCUT2D eigenvalue weighted by molar-refractivity contribution is 0.0528. The minimum atomic E-state index is -0.324. The van der Waals surface area contributed by atoms with Crippen LogP contribution in [0.4, 0.5) is 0 Å². The van der Waals surface area contributed by atoms with Gasteiger partial charge < -0.3 is 4.74 Å². The van der Waals surface area contributed by atoms with Gasteiger partial charge in [0.25, 0.3) is 0 Å². The van der Waals surface area contributed by atoms with Gasteiger partial charge in [-0.25, -0.2) is 4.79 Å². The number of rotatable bonds is 2. The number of nitrogens with one attached hydrogen (secondary N) is 1. The third-order valence-electron chi connectivity index (χ3n) is 2.27. The smallest absolute Gasteiger partial charge is 0.340 e. The molecule has 0 bridgehead atoms. The number of hydrogen-bond donors (Lipinski definition) is 1. The highest BCUT2D eigenvalue weighted by atomic mass is 16.5. The Morgan fingerprint density at radius 3 is 3.07 bits per heavy atom. The predicted octanol–water partition coefficient (Wildman–Crippen LogP) is 2.05. The highest BCUT2D eigenvalue weighted by Gasteiger charge is 2.13. The number of para-hydroxylation sites is 1. The van der Waals surface area contributed by atoms with Crippen LogP contribution in [-0.4, -0.2) is 22.8 Å². The zero-order valence-electron chi connectivity index (χ0n) is 8.70. The number of fused-ring (bicyclic) bond motifs is 1. The van der Waals surface area contributed by atoms with E-state index in [1.807, 2.05) is 19.1 Å². The number of carbonyl (C=O) groups excluding carboxylic acids is 1. The molecule has 1 N–H and O–H groups in total. The molecule has 15 heavy (non-hydrogen) atoms. The SMILES string of the molecule is CCOC(=O)c1cccc2c(C)[nH]nc12. The molecule has 2 aromatic rings. The van der Waals surface area contributed by atoms with Crippen molar-refractivity contribution in [2.75, 3.05) is 6.61 Å². The Morgan fingerprint density at radius 1 is 1.53 bits per heavy atom. The van der Waals surface area contributed by atoms with E-state index in [0.29, 0.717) is 17.7 Å². The number of nitrogens with zero attached hydrogens (tertiary/aromatic N) is 1. The molecule has 0 aliphatic heterocycles. The van der Waals surface area contributed by atoms with Crippen LogP contribution in [0.5, 0.6) is 0 Å². The largest absolute Gasteiger partial charge is 0.462 e. The Bertz CT molecular complexity index is 502. The summed E-state index contributed by atoms with van der Waals surface area (Å²) in [4.78, 5) is 11.6. The van der Waals surface area contributed by atoms with Crippen LogP contribution in [-0.2, 0) is 4.74 Å². The van der Waals surface area contributed by atoms with Crippen molar-refractivity contribution in [3.63, 3.8) is 0 Å². The maximum absolute atomic E-state index is 11.6. The van der Waals surface area contributed by atoms with Gasteiger partial charge >= 0.3 is 5.97 Å². The van der Waals surface area contributed by atoms with Gasteiger partial charge in [0.1, 0.15) is 5.52 Å². The molecule has 1 aromatic heterocycles. The zero-order chi connectivity index (χ0) is 10.8. The molecule has 4 heteroatoms. The molecule has 0 fully saturated rings. The van der Waals surface area contributed by atoms with E-state index in [2.05, 4.69) is 10.2 Å². The minimum absolute atomic E-state index is 0.324. The molecule has 0 radical (unpaired) electrons. The van der Waals surface area contributed by atoms with Crippen LogP contribution < -0.4 is 0 Å². The first-order chi connectivity index (χ1) is 7.24. The molecule has 0 saturated heterocycles. The van der Waals surface area contributed by atoms with Crippen molar-refractivity contribution in [2.24, 2.45) is 0 Å². The number of hydrogen-bond acceptors (Lipinski definition) is 3. The standard InChI is InChI=1S/C11H12N2O2/c1-3-15-11(14)9-6-4-5-8-7(2)12-13-10(8)9/h4-6H,3H2,1-2H3,(H,12,13). The molecule has 4 nitrogen and oxygen atoms in total. The van der Waals surface area contributed by atoms with Gasteiger partial charge in [-0.1, -0.05) is 12.1 Å². The first-order valence-electron chi connectivity index (χ1n) is 4.85. The highest BCUT2D eigenvalue weighted by Crippen LogP contribution is 2.19. The average Bonchev–Trinajstić information content (AvgIpc) is 2.61. The van der Waals surface area contributed by atoms with Gasteiger partial charge in [0.2, 0.25) is 0 Å². The Balaban J connectivity index is 2.56. The maximum Gasteiger partial charge on any atom is 0.340 e. The molecule has 0 aliphatic carbocycles. The lowest BCUT2D eigenvalue weighted by atomic mass is 10.1. The first kappa shape index (κ1) is 9.71. The number of aromatic amines is 1. The van der Waals surface area contributed by atoms with Crippen molar-refractivity contribution < 1.29 is 9.53 Å². The van der Waals surface area contributed by atoms with E-state index in [9.17, 15) is 4.79 Å². The Kier molecular flexibility index (Phi) is 2.41. The van der Waals surface area contributed by atoms with E-state index in [4.69, 9.17) is 4.74 Å². The molecule has 1 heterocycles. The summed E-state index contributed by atoms with van der Waals surface area (Å²) in [5.74, 6) is -0.324. The monoisotopic (exact) mass is 204 g/mol. The van der Waals surface area contributed by atoms with Crippen LogP contribution in [0.25, 0.3) is 10.9 Å². The number of carbonyl (C=O) groups is 1. The normalized spacial score (nSPS) is 10.5. The summed E-state index contributed by atoms with van der Waals surface area (Å²) in [5.41, 5.74) is 2.14. The van der Waals surface area contributed by atoms with Crippen molar-refractivity contribution in [3.8, 4) is 0 Å². The molecule has 0 unspecified atom stereocenters. The maximum atomic E-state index is 11.6. The fourth-order valence-electron chi connectivity index (χ4n) is 1.54. The number of aromatic nitrogens is 2. The third kappa shape index (κ3) is 1.58. The quantitative estimate of drug-likeness (QED) is 0.761. The van der Waals surface area contributed by atoms with Crippen molar-refractivity contribution in [3.05, 3.63) is 29.5 Å². The molecule has 2 rings (SSSR count). The lowest BCUT2D eigenvalue weighted by Crippen LogP contribution is -2.05. The Labute approximate surface area is 87.2 Å². The Morgan fingerprint density at radius 2 is 2.33 bits per heavy atom. The van der Waals surface area contributed by atoms with Crippen molar-refractivity contribution in [2.45, 2.75) is 13.8 Å². The highest BCUT2D eigenvalue weighted by molar-refractivity contribution is 6.03. The lowest BCUT2D eigenvalue weighted by Gasteiger charge is -2.01. The van der Waals surface area contributed by atoms with Gasteiger partial charge in [-0.2, -0.15) is 5.10 Å². The summed E-state index contributed by atoms with van der Waals surface area (Å²) in [6.45, 7) is 4.08. The van der Waals surface area contributed by atoms with Gasteiger partial charge in [0, 0.05) is 11.1 Å². The molecule has 0 amide bonds. The third-order valence-corrected chi connectivity index (χ3v) is 2.27. The van der Waals surface area contributed by atoms with Crippen molar-refractivity contribution in [1.82, 2.24) is 10.2 Å². The van der Waals surface area contributed by atoms with Gasteiger partial charge in [-0.15, -0.1) is 0 Å². The van der Waals surface area contributed by atoms with E-state index in [1.54, 1.807) is 13.0 Å². The van der Waals surface area contributed by atoms with Crippen molar-refractivity contribution >= 4 is 16.9 Å². The van der Waals surface area contributed by atoms with E-state index in [1.165, 1.54) is 0 Å². The second kappa shape index (κ2) is 3.73. The van der Waals surface area contributed by atoms with Crippen molar-refractivity contribution in [1.29, 1.82) is 0 Å². The number of aryl methyl sites for hydroxylation is 1. The molecular weight excluding hydrogens is 192 g/mol. The van der Waals surface area contributed by atoms with E-state index in [-0.39, 0.29) is 5.97 Å². The number of benzene rings is 1. The van der Waals surface area contributed by atoms with Crippen LogP contribution in [0.2, 0.25) is 0 Å². The topological polar surface area (TPSA) is 55.0 Å². The summed E-state index contributed by atoms with van der Waals surface area (Å²) >= 11 is 0. The zero-order valence-corrected chi connectivity index (χ0v) is 8.70. The van der Waals surface area contributed by atoms with Gasteiger partial charge in [-0.3, -0.25) is 5.10 Å². The Hall–Kier alpha value is -1.84. The minimum Gasteiger partial charge on any atom is -0.462 e. The molecule has 1 aromatic carbocycles. The average molecular weight is 204 g/mol. The fraction of sp³-hybridized carbons (Fsp3) is 0.273. The molecule has 0 aliphatic rings. The molecular formula is C11H12N2O2. The molecule has 78 valence electrons. The van der Waals surface area contributed by atoms with Gasteiger partial charge in [0.15, 0.2) is 0 Å². The summed E-state index contributed by atoms with van der Waals surface area (Å²) in [6.07, 6.45) is 0. The number of esters is 1. The second-order valence-electron chi connectivity index (χ2n) is 3.27. The summed E-state index contributed by atoms with van der Waals surface area (Å²) in [7, 11) is 0. The van der Waals surface area contributed by atoms with Crippen LogP contribution in [0.1, 0.15) is 23.0 Å². The van der Waals surface area contributed by atoms with Crippen LogP contribution in [0.3, 0.4) is 0 Å². The summed E-state index contributed by atoms with van der Waals surface area (Å²) in [5, 5.41) is 7.91. The number of H-pyrrole nitrogens is 1. The van der Waals surface area contributed by atoms with Crippen LogP contribution >= 0.6 is 0 Å². The fourth-order valence-corrected chi connectivity index (χ4v) is 1.54.